The van der Waals surface area contributed by atoms with E-state index in [1.54, 1.807) is 6.08 Å². The molecule has 0 radical (unpaired) electrons. The second-order valence-electron chi connectivity index (χ2n) is 12.0. The number of rotatable bonds is 12. The lowest BCUT2D eigenvalue weighted by Gasteiger charge is -2.37. The molecule has 2 aromatic carbocycles. The first kappa shape index (κ1) is 34.6. The van der Waals surface area contributed by atoms with Crippen LogP contribution in [0.5, 0.6) is 11.5 Å². The summed E-state index contributed by atoms with van der Waals surface area (Å²) in [5, 5.41) is 0. The minimum atomic E-state index is -5.44. The minimum Gasteiger partial charge on any atom is -0.426 e. The first-order valence-corrected chi connectivity index (χ1v) is 15.4. The Labute approximate surface area is 258 Å². The van der Waals surface area contributed by atoms with Crippen LogP contribution in [0.2, 0.25) is 0 Å². The number of hydrogen-bond donors (Lipinski definition) is 0. The lowest BCUT2D eigenvalue weighted by molar-refractivity contribution is -0.276. The summed E-state index contributed by atoms with van der Waals surface area (Å²) in [4.78, 5) is 0. The fraction of sp³-hybridized carbons (Fsp3) is 0.486. The van der Waals surface area contributed by atoms with Crippen molar-refractivity contribution in [3.05, 3.63) is 89.8 Å². The maximum absolute atomic E-state index is 14.7. The summed E-state index contributed by atoms with van der Waals surface area (Å²) in [6.07, 6.45) is 13.2. The van der Waals surface area contributed by atoms with E-state index in [-0.39, 0.29) is 12.1 Å². The number of allylic oxidation sites excluding steroid dienone is 4. The predicted molar refractivity (Wildman–Crippen MR) is 157 cm³/mol. The van der Waals surface area contributed by atoms with Gasteiger partial charge in [0, 0.05) is 0 Å². The van der Waals surface area contributed by atoms with Crippen molar-refractivity contribution in [3.63, 3.8) is 0 Å². The number of hydrogen-bond acceptors (Lipinski definition) is 2. The van der Waals surface area contributed by atoms with E-state index in [0.717, 1.165) is 68.9 Å². The summed E-state index contributed by atoms with van der Waals surface area (Å²) in [5.74, 6) is -5.47. The van der Waals surface area contributed by atoms with E-state index in [9.17, 15) is 35.1 Å². The zero-order valence-corrected chi connectivity index (χ0v) is 24.9. The van der Waals surface area contributed by atoms with Gasteiger partial charge >= 0.3 is 12.5 Å². The topological polar surface area (TPSA) is 18.5 Å². The smallest absolute Gasteiger partial charge is 0.426 e. The Hall–Kier alpha value is -3.30. The quantitative estimate of drug-likeness (QED) is 0.130. The van der Waals surface area contributed by atoms with Crippen molar-refractivity contribution in [2.45, 2.75) is 83.1 Å². The molecule has 0 bridgehead atoms. The molecule has 0 aliphatic heterocycles. The monoisotopic (exact) mass is 642 g/mol. The highest BCUT2D eigenvalue weighted by Gasteiger charge is 2.40. The van der Waals surface area contributed by atoms with E-state index in [4.69, 9.17) is 0 Å². The van der Waals surface area contributed by atoms with Gasteiger partial charge in [0.2, 0.25) is 5.75 Å². The number of halogens is 8. The van der Waals surface area contributed by atoms with Gasteiger partial charge in [0.15, 0.2) is 23.2 Å². The summed E-state index contributed by atoms with van der Waals surface area (Å²) in [6, 6.07) is 3.20. The molecule has 2 saturated carbocycles. The SMILES string of the molecule is C=CCCCC=CC1CCC(C2CCC(C=Cc3ccc(OC(F)(F)c4cc(F)c(OC(F)(F)F)c(F)c4)c(F)c3)CC2)CC1. The third kappa shape index (κ3) is 10.1. The Morgan fingerprint density at radius 3 is 1.82 bits per heavy atom. The molecule has 0 heterocycles. The van der Waals surface area contributed by atoms with Crippen LogP contribution >= 0.6 is 0 Å². The van der Waals surface area contributed by atoms with Crippen LogP contribution in [-0.4, -0.2) is 6.36 Å². The van der Waals surface area contributed by atoms with Gasteiger partial charge in [-0.3, -0.25) is 0 Å². The number of unbranched alkanes of at least 4 members (excludes halogenated alkanes) is 2. The van der Waals surface area contributed by atoms with Gasteiger partial charge < -0.3 is 9.47 Å². The maximum Gasteiger partial charge on any atom is 0.573 e. The second-order valence-corrected chi connectivity index (χ2v) is 12.0. The molecule has 0 unspecified atom stereocenters. The van der Waals surface area contributed by atoms with E-state index in [2.05, 4.69) is 28.2 Å². The van der Waals surface area contributed by atoms with E-state index < -0.39 is 47.0 Å². The van der Waals surface area contributed by atoms with Crippen LogP contribution in [0.1, 0.15) is 81.8 Å². The fourth-order valence-electron chi connectivity index (χ4n) is 6.38. The first-order chi connectivity index (χ1) is 21.3. The van der Waals surface area contributed by atoms with Gasteiger partial charge in [-0.25, -0.2) is 13.2 Å². The van der Waals surface area contributed by atoms with Crippen LogP contribution in [0.15, 0.2) is 61.2 Å². The summed E-state index contributed by atoms with van der Waals surface area (Å²) in [6.45, 7) is 3.76. The molecule has 0 aromatic heterocycles. The van der Waals surface area contributed by atoms with Gasteiger partial charge in [-0.05, 0) is 124 Å². The fourth-order valence-corrected chi connectivity index (χ4v) is 6.38. The number of alkyl halides is 5. The molecule has 2 nitrogen and oxygen atoms in total. The minimum absolute atomic E-state index is 0.0653. The molecule has 0 saturated heterocycles. The number of ether oxygens (including phenoxy) is 2. The van der Waals surface area contributed by atoms with Gasteiger partial charge in [-0.1, -0.05) is 36.4 Å². The summed E-state index contributed by atoms with van der Waals surface area (Å²) < 4.78 is 116. The van der Waals surface area contributed by atoms with Gasteiger partial charge in [-0.2, -0.15) is 8.78 Å². The average Bonchev–Trinajstić information content (AvgIpc) is 2.99. The van der Waals surface area contributed by atoms with Crippen molar-refractivity contribution in [2.75, 3.05) is 0 Å². The van der Waals surface area contributed by atoms with Crippen molar-refractivity contribution in [1.82, 2.24) is 0 Å². The number of benzene rings is 2. The molecule has 0 N–H and O–H groups in total. The lowest BCUT2D eigenvalue weighted by Crippen LogP contribution is -2.25. The maximum atomic E-state index is 14.7. The van der Waals surface area contributed by atoms with Crippen molar-refractivity contribution in [2.24, 2.45) is 23.7 Å². The van der Waals surface area contributed by atoms with Crippen LogP contribution in [-0.2, 0) is 6.11 Å². The van der Waals surface area contributed by atoms with E-state index in [0.29, 0.717) is 17.4 Å². The molecule has 45 heavy (non-hydrogen) atoms. The average molecular weight is 643 g/mol. The molecular formula is C35H38F8O2. The highest BCUT2D eigenvalue weighted by molar-refractivity contribution is 5.51. The molecule has 2 aromatic rings. The van der Waals surface area contributed by atoms with Gasteiger partial charge in [0.05, 0.1) is 5.56 Å². The Morgan fingerprint density at radius 2 is 1.29 bits per heavy atom. The van der Waals surface area contributed by atoms with E-state index in [1.807, 2.05) is 12.2 Å². The molecule has 246 valence electrons. The van der Waals surface area contributed by atoms with Crippen LogP contribution < -0.4 is 9.47 Å². The molecule has 2 aliphatic rings. The molecule has 2 fully saturated rings. The molecule has 10 heteroatoms. The normalized spacial score (nSPS) is 23.0. The zero-order valence-electron chi connectivity index (χ0n) is 24.9. The van der Waals surface area contributed by atoms with Crippen molar-refractivity contribution in [1.29, 1.82) is 0 Å². The summed E-state index contributed by atoms with van der Waals surface area (Å²) >= 11 is 0. The summed E-state index contributed by atoms with van der Waals surface area (Å²) in [7, 11) is 0. The Bertz CT molecular complexity index is 1310. The molecular weight excluding hydrogens is 604 g/mol. The van der Waals surface area contributed by atoms with Gasteiger partial charge in [0.1, 0.15) is 0 Å². The molecule has 2 aliphatic carbocycles. The Morgan fingerprint density at radius 1 is 0.711 bits per heavy atom. The van der Waals surface area contributed by atoms with Crippen LogP contribution in [0.3, 0.4) is 0 Å². The van der Waals surface area contributed by atoms with E-state index >= 15 is 0 Å². The third-order valence-electron chi connectivity index (χ3n) is 8.79. The van der Waals surface area contributed by atoms with Crippen LogP contribution in [0.4, 0.5) is 35.1 Å². The highest BCUT2D eigenvalue weighted by Crippen LogP contribution is 2.42. The lowest BCUT2D eigenvalue weighted by atomic mass is 9.69. The van der Waals surface area contributed by atoms with Crippen molar-refractivity contribution in [3.8, 4) is 11.5 Å². The predicted octanol–water partition coefficient (Wildman–Crippen LogP) is 11.7. The largest absolute Gasteiger partial charge is 0.573 e. The standard InChI is InChI=1S/C35H38F8O2/c1-2-3-4-5-6-7-23-10-15-26(16-11-23)27-17-12-24(13-18-27)8-9-25-14-19-32(29(36)20-25)44-34(39,40)28-21-30(37)33(31(38)22-28)45-35(41,42)43/h2,6-9,14,19-24,26-27H,1,3-5,10-13,15-18H2. The summed E-state index contributed by atoms with van der Waals surface area (Å²) in [5.41, 5.74) is -1.03. The Kier molecular flexibility index (Phi) is 11.8. The van der Waals surface area contributed by atoms with Gasteiger partial charge in [-0.15, -0.1) is 19.8 Å². The zero-order chi connectivity index (χ0) is 32.6. The molecule has 0 amide bonds. The molecule has 4 rings (SSSR count). The molecule has 0 atom stereocenters. The second kappa shape index (κ2) is 15.3. The van der Waals surface area contributed by atoms with E-state index in [1.165, 1.54) is 31.7 Å². The highest BCUT2D eigenvalue weighted by atomic mass is 19.4. The Balaban J connectivity index is 1.26. The van der Waals surface area contributed by atoms with Crippen LogP contribution in [0, 0.1) is 41.1 Å². The van der Waals surface area contributed by atoms with Crippen molar-refractivity contribution < 1.29 is 44.6 Å². The van der Waals surface area contributed by atoms with Gasteiger partial charge in [0.25, 0.3) is 0 Å². The molecule has 0 spiro atoms. The first-order valence-electron chi connectivity index (χ1n) is 15.4. The van der Waals surface area contributed by atoms with Crippen molar-refractivity contribution >= 4 is 6.08 Å². The third-order valence-corrected chi connectivity index (χ3v) is 8.79. The van der Waals surface area contributed by atoms with Crippen LogP contribution in [0.25, 0.3) is 6.08 Å².